The normalized spacial score (nSPS) is 14.1. The number of anilines is 1. The highest BCUT2D eigenvalue weighted by molar-refractivity contribution is 5.98. The van der Waals surface area contributed by atoms with Gasteiger partial charge < -0.3 is 19.3 Å². The van der Waals surface area contributed by atoms with E-state index in [1.54, 1.807) is 31.6 Å². The van der Waals surface area contributed by atoms with E-state index in [1.165, 1.54) is 11.9 Å². The van der Waals surface area contributed by atoms with Gasteiger partial charge >= 0.3 is 0 Å². The number of aromatic amines is 1. The van der Waals surface area contributed by atoms with E-state index in [9.17, 15) is 9.59 Å². The van der Waals surface area contributed by atoms with Crippen molar-refractivity contribution in [2.75, 3.05) is 45.3 Å². The summed E-state index contributed by atoms with van der Waals surface area (Å²) in [6.45, 7) is 4.18. The average Bonchev–Trinajstić information content (AvgIpc) is 3.31. The number of hydrogen-bond donors (Lipinski definition) is 1. The standard InChI is InChI=1S/C25H27N7O4/c1-16-5-6-20(32-26-7-8-27-32)18(13-16)24(34)30-9-4-10-31(12-11-30)25-28-19-15-22(36-3)21(35-2)14-17(19)23(33)29-25/h5-8,13-15H,4,9-12H2,1-3H3,(H,28,29,33). The molecule has 0 spiro atoms. The maximum atomic E-state index is 13.6. The van der Waals surface area contributed by atoms with Crippen LogP contribution in [0.25, 0.3) is 16.6 Å². The summed E-state index contributed by atoms with van der Waals surface area (Å²) in [4.78, 5) is 39.3. The number of fused-ring (bicyclic) bond motifs is 1. The highest BCUT2D eigenvalue weighted by atomic mass is 16.5. The lowest BCUT2D eigenvalue weighted by atomic mass is 10.1. The van der Waals surface area contributed by atoms with Crippen molar-refractivity contribution >= 4 is 22.8 Å². The lowest BCUT2D eigenvalue weighted by Gasteiger charge is -2.23. The van der Waals surface area contributed by atoms with Gasteiger partial charge in [0.25, 0.3) is 11.5 Å². The number of aryl methyl sites for hydroxylation is 1. The van der Waals surface area contributed by atoms with Gasteiger partial charge in [-0.25, -0.2) is 4.98 Å². The predicted molar refractivity (Wildman–Crippen MR) is 134 cm³/mol. The van der Waals surface area contributed by atoms with Crippen LogP contribution in [0.4, 0.5) is 5.95 Å². The van der Waals surface area contributed by atoms with Crippen LogP contribution in [0.3, 0.4) is 0 Å². The first-order valence-electron chi connectivity index (χ1n) is 11.7. The van der Waals surface area contributed by atoms with Crippen LogP contribution in [0.5, 0.6) is 11.5 Å². The Morgan fingerprint density at radius 3 is 2.47 bits per heavy atom. The molecular formula is C25H27N7O4. The van der Waals surface area contributed by atoms with E-state index in [0.29, 0.717) is 65.8 Å². The Morgan fingerprint density at radius 2 is 1.72 bits per heavy atom. The fourth-order valence-corrected chi connectivity index (χ4v) is 4.44. The number of nitrogens with zero attached hydrogens (tertiary/aromatic N) is 6. The van der Waals surface area contributed by atoms with Gasteiger partial charge in [-0.2, -0.15) is 15.0 Å². The molecule has 4 aromatic rings. The molecule has 1 saturated heterocycles. The van der Waals surface area contributed by atoms with Crippen LogP contribution in [-0.4, -0.2) is 76.2 Å². The van der Waals surface area contributed by atoms with Crippen molar-refractivity contribution < 1.29 is 14.3 Å². The van der Waals surface area contributed by atoms with Gasteiger partial charge in [-0.05, 0) is 31.5 Å². The monoisotopic (exact) mass is 489 g/mol. The Bertz CT molecular complexity index is 1470. The van der Waals surface area contributed by atoms with Crippen LogP contribution in [0, 0.1) is 6.92 Å². The summed E-state index contributed by atoms with van der Waals surface area (Å²) in [5.41, 5.74) is 2.43. The minimum absolute atomic E-state index is 0.0790. The van der Waals surface area contributed by atoms with Gasteiger partial charge in [0.15, 0.2) is 11.5 Å². The zero-order valence-electron chi connectivity index (χ0n) is 20.4. The first-order valence-corrected chi connectivity index (χ1v) is 11.7. The van der Waals surface area contributed by atoms with Crippen molar-refractivity contribution in [3.63, 3.8) is 0 Å². The van der Waals surface area contributed by atoms with E-state index in [2.05, 4.69) is 20.2 Å². The van der Waals surface area contributed by atoms with Crippen molar-refractivity contribution in [2.45, 2.75) is 13.3 Å². The molecule has 1 amide bonds. The number of aromatic nitrogens is 5. The second-order valence-electron chi connectivity index (χ2n) is 8.59. The van der Waals surface area contributed by atoms with Crippen molar-refractivity contribution in [3.05, 3.63) is 64.2 Å². The molecule has 11 nitrogen and oxygen atoms in total. The smallest absolute Gasteiger partial charge is 0.260 e. The molecule has 0 bridgehead atoms. The summed E-state index contributed by atoms with van der Waals surface area (Å²) in [5.74, 6) is 1.35. The quantitative estimate of drug-likeness (QED) is 0.453. The highest BCUT2D eigenvalue weighted by Gasteiger charge is 2.25. The molecule has 36 heavy (non-hydrogen) atoms. The molecule has 0 saturated carbocycles. The second kappa shape index (κ2) is 9.68. The van der Waals surface area contributed by atoms with Gasteiger partial charge in [-0.15, -0.1) is 0 Å². The molecular weight excluding hydrogens is 462 g/mol. The van der Waals surface area contributed by atoms with Crippen molar-refractivity contribution in [3.8, 4) is 17.2 Å². The van der Waals surface area contributed by atoms with Crippen molar-refractivity contribution in [2.24, 2.45) is 0 Å². The van der Waals surface area contributed by atoms with Crippen LogP contribution >= 0.6 is 0 Å². The number of hydrogen-bond acceptors (Lipinski definition) is 8. The molecule has 11 heteroatoms. The second-order valence-corrected chi connectivity index (χ2v) is 8.59. The molecule has 0 radical (unpaired) electrons. The van der Waals surface area contributed by atoms with E-state index < -0.39 is 0 Å². The third-order valence-electron chi connectivity index (χ3n) is 6.30. The topological polar surface area (TPSA) is 118 Å². The lowest BCUT2D eigenvalue weighted by molar-refractivity contribution is 0.0766. The van der Waals surface area contributed by atoms with Gasteiger partial charge in [0.2, 0.25) is 5.95 Å². The minimum atomic E-state index is -0.260. The van der Waals surface area contributed by atoms with Gasteiger partial charge in [-0.3, -0.25) is 14.6 Å². The number of benzene rings is 2. The number of methoxy groups -OCH3 is 2. The molecule has 2 aromatic carbocycles. The summed E-state index contributed by atoms with van der Waals surface area (Å²) in [6, 6.07) is 8.99. The number of nitrogens with one attached hydrogen (secondary N) is 1. The number of H-pyrrole nitrogens is 1. The van der Waals surface area contributed by atoms with Crippen LogP contribution in [0.1, 0.15) is 22.3 Å². The number of ether oxygens (including phenoxy) is 2. The zero-order valence-corrected chi connectivity index (χ0v) is 20.4. The summed E-state index contributed by atoms with van der Waals surface area (Å²) in [5, 5.41) is 8.82. The fourth-order valence-electron chi connectivity index (χ4n) is 4.44. The molecule has 1 fully saturated rings. The summed E-state index contributed by atoms with van der Waals surface area (Å²) < 4.78 is 10.7. The number of carbonyl (C=O) groups excluding carboxylic acids is 1. The highest BCUT2D eigenvalue weighted by Crippen LogP contribution is 2.30. The molecule has 0 atom stereocenters. The predicted octanol–water partition coefficient (Wildman–Crippen LogP) is 2.18. The van der Waals surface area contributed by atoms with Crippen molar-refractivity contribution in [1.82, 2.24) is 29.9 Å². The number of carbonyl (C=O) groups is 1. The van der Waals surface area contributed by atoms with Crippen LogP contribution in [0.15, 0.2) is 47.5 Å². The van der Waals surface area contributed by atoms with E-state index in [0.717, 1.165) is 12.0 Å². The third kappa shape index (κ3) is 4.35. The first-order chi connectivity index (χ1) is 17.5. The Kier molecular flexibility index (Phi) is 6.28. The zero-order chi connectivity index (χ0) is 25.2. The van der Waals surface area contributed by atoms with Crippen LogP contribution in [-0.2, 0) is 0 Å². The summed E-state index contributed by atoms with van der Waals surface area (Å²) in [7, 11) is 3.06. The van der Waals surface area contributed by atoms with Gasteiger partial charge in [0.05, 0.1) is 48.8 Å². The SMILES string of the molecule is COc1cc2nc(N3CCCN(C(=O)c4cc(C)ccc4-n4nccn4)CC3)[nH]c(=O)c2cc1OC. The number of amides is 1. The Hall–Kier alpha value is -4.41. The molecule has 1 aliphatic rings. The van der Waals surface area contributed by atoms with Crippen LogP contribution < -0.4 is 19.9 Å². The Balaban J connectivity index is 1.40. The van der Waals surface area contributed by atoms with E-state index in [4.69, 9.17) is 9.47 Å². The van der Waals surface area contributed by atoms with Gasteiger partial charge in [0, 0.05) is 32.2 Å². The minimum Gasteiger partial charge on any atom is -0.493 e. The Morgan fingerprint density at radius 1 is 0.972 bits per heavy atom. The largest absolute Gasteiger partial charge is 0.493 e. The average molecular weight is 490 g/mol. The summed E-state index contributed by atoms with van der Waals surface area (Å²) >= 11 is 0. The van der Waals surface area contributed by atoms with Crippen LogP contribution in [0.2, 0.25) is 0 Å². The Labute approximate surface area is 207 Å². The first kappa shape index (κ1) is 23.3. The molecule has 3 heterocycles. The van der Waals surface area contributed by atoms with Gasteiger partial charge in [-0.1, -0.05) is 11.6 Å². The van der Waals surface area contributed by atoms with Crippen molar-refractivity contribution in [1.29, 1.82) is 0 Å². The maximum absolute atomic E-state index is 13.6. The van der Waals surface area contributed by atoms with E-state index in [1.807, 2.05) is 34.9 Å². The van der Waals surface area contributed by atoms with Gasteiger partial charge in [0.1, 0.15) is 0 Å². The summed E-state index contributed by atoms with van der Waals surface area (Å²) in [6.07, 6.45) is 3.89. The fraction of sp³-hybridized carbons (Fsp3) is 0.320. The molecule has 186 valence electrons. The van der Waals surface area contributed by atoms with E-state index >= 15 is 0 Å². The van der Waals surface area contributed by atoms with E-state index in [-0.39, 0.29) is 11.5 Å². The molecule has 0 aliphatic carbocycles. The molecule has 5 rings (SSSR count). The maximum Gasteiger partial charge on any atom is 0.260 e. The third-order valence-corrected chi connectivity index (χ3v) is 6.30. The number of rotatable bonds is 5. The molecule has 1 N–H and O–H groups in total. The molecule has 0 unspecified atom stereocenters. The lowest BCUT2D eigenvalue weighted by Crippen LogP contribution is -2.36. The molecule has 1 aliphatic heterocycles. The molecule has 2 aromatic heterocycles.